The van der Waals surface area contributed by atoms with Gasteiger partial charge in [-0.25, -0.2) is 10.2 Å². The number of rotatable bonds is 7. The first kappa shape index (κ1) is 24.9. The van der Waals surface area contributed by atoms with E-state index in [0.717, 1.165) is 24.2 Å². The van der Waals surface area contributed by atoms with E-state index in [0.29, 0.717) is 16.3 Å². The van der Waals surface area contributed by atoms with Gasteiger partial charge in [-0.1, -0.05) is 45.7 Å². The lowest BCUT2D eigenvalue weighted by Crippen LogP contribution is -2.23. The van der Waals surface area contributed by atoms with Gasteiger partial charge in [-0.05, 0) is 37.0 Å². The molecule has 0 spiro atoms. The Bertz CT molecular complexity index is 989. The quantitative estimate of drug-likeness (QED) is 0.341. The van der Waals surface area contributed by atoms with Crippen molar-refractivity contribution < 1.29 is 14.3 Å². The van der Waals surface area contributed by atoms with Crippen LogP contribution in [0.15, 0.2) is 34.5 Å². The maximum Gasteiger partial charge on any atom is 0.427 e. The molecule has 1 aromatic heterocycles. The average molecular weight is 467 g/mol. The molecule has 7 nitrogen and oxygen atoms in total. The second kappa shape index (κ2) is 11.3. The number of methoxy groups -OCH3 is 1. The van der Waals surface area contributed by atoms with Crippen LogP contribution in [-0.2, 0) is 16.7 Å². The van der Waals surface area contributed by atoms with Crippen molar-refractivity contribution in [2.45, 2.75) is 59.4 Å². The second-order valence-electron chi connectivity index (χ2n) is 7.90. The van der Waals surface area contributed by atoms with Crippen LogP contribution in [0.1, 0.15) is 57.9 Å². The molecule has 0 unspecified atom stereocenters. The van der Waals surface area contributed by atoms with Gasteiger partial charge in [0, 0.05) is 22.6 Å². The zero-order valence-corrected chi connectivity index (χ0v) is 20.6. The highest BCUT2D eigenvalue weighted by Gasteiger charge is 2.19. The lowest BCUT2D eigenvalue weighted by Gasteiger charge is -2.14. The normalized spacial score (nSPS) is 12.7. The van der Waals surface area contributed by atoms with Crippen molar-refractivity contribution in [2.75, 3.05) is 13.7 Å². The number of hydrazone groups is 1. The van der Waals surface area contributed by atoms with Crippen LogP contribution in [0.4, 0.5) is 4.79 Å². The lowest BCUT2D eigenvalue weighted by molar-refractivity contribution is 0.152. The van der Waals surface area contributed by atoms with Crippen LogP contribution in [0.5, 0.6) is 5.75 Å². The summed E-state index contributed by atoms with van der Waals surface area (Å²) in [4.78, 5) is 18.7. The fraction of sp³-hybridized carbons (Fsp3) is 0.500. The molecule has 2 aromatic rings. The van der Waals surface area contributed by atoms with E-state index in [2.05, 4.69) is 49.0 Å². The van der Waals surface area contributed by atoms with Gasteiger partial charge in [0.1, 0.15) is 5.75 Å². The summed E-state index contributed by atoms with van der Waals surface area (Å²) in [7, 11) is 1.56. The summed E-state index contributed by atoms with van der Waals surface area (Å²) in [6.07, 6.45) is 3.59. The molecule has 0 aliphatic heterocycles. The van der Waals surface area contributed by atoms with Crippen LogP contribution in [-0.4, -0.2) is 30.2 Å². The highest BCUT2D eigenvalue weighted by molar-refractivity contribution is 7.09. The first-order valence-corrected chi connectivity index (χ1v) is 11.5. The molecular weight excluding hydrogens is 436 g/mol. The summed E-state index contributed by atoms with van der Waals surface area (Å²) < 4.78 is 12.5. The van der Waals surface area contributed by atoms with Gasteiger partial charge >= 0.3 is 6.09 Å². The third-order valence-corrected chi connectivity index (χ3v) is 6.03. The third-order valence-electron chi connectivity index (χ3n) is 4.34. The van der Waals surface area contributed by atoms with Crippen molar-refractivity contribution in [1.29, 1.82) is 0 Å². The van der Waals surface area contributed by atoms with Gasteiger partial charge in [0.15, 0.2) is 10.6 Å². The van der Waals surface area contributed by atoms with E-state index >= 15 is 0 Å². The largest absolute Gasteiger partial charge is 0.496 e. The van der Waals surface area contributed by atoms with Crippen LogP contribution >= 0.6 is 22.9 Å². The zero-order valence-electron chi connectivity index (χ0n) is 19.0. The molecule has 1 heterocycles. The van der Waals surface area contributed by atoms with E-state index < -0.39 is 6.09 Å². The predicted molar refractivity (Wildman–Crippen MR) is 126 cm³/mol. The number of halogens is 1. The van der Waals surface area contributed by atoms with Crippen molar-refractivity contribution in [3.63, 3.8) is 0 Å². The van der Waals surface area contributed by atoms with Crippen molar-refractivity contribution in [3.8, 4) is 5.75 Å². The number of unbranched alkanes of at least 4 members (excludes halogenated alkanes) is 1. The number of aryl methyl sites for hydroxylation is 1. The van der Waals surface area contributed by atoms with Gasteiger partial charge in [0.05, 0.1) is 19.3 Å². The van der Waals surface area contributed by atoms with E-state index in [1.54, 1.807) is 43.6 Å². The molecule has 0 aliphatic carbocycles. The number of amides is 1. The summed E-state index contributed by atoms with van der Waals surface area (Å²) in [6, 6.07) is 5.18. The first-order valence-electron chi connectivity index (χ1n) is 10.3. The second-order valence-corrected chi connectivity index (χ2v) is 9.34. The number of thiazole rings is 1. The molecule has 31 heavy (non-hydrogen) atoms. The molecule has 0 fully saturated rings. The van der Waals surface area contributed by atoms with Crippen molar-refractivity contribution in [3.05, 3.63) is 44.7 Å². The van der Waals surface area contributed by atoms with Gasteiger partial charge in [0.25, 0.3) is 0 Å². The Morgan fingerprint density at radius 1 is 1.29 bits per heavy atom. The minimum atomic E-state index is -0.656. The maximum atomic E-state index is 11.9. The average Bonchev–Trinajstić information content (AvgIpc) is 3.13. The van der Waals surface area contributed by atoms with Crippen LogP contribution in [0, 0.1) is 0 Å². The van der Waals surface area contributed by atoms with Crippen LogP contribution < -0.4 is 15.0 Å². The van der Waals surface area contributed by atoms with E-state index in [4.69, 9.17) is 26.1 Å². The number of nitrogens with one attached hydrogen (secondary N) is 1. The fourth-order valence-electron chi connectivity index (χ4n) is 2.66. The number of ether oxygens (including phenoxy) is 2. The number of hydrogen-bond donors (Lipinski definition) is 1. The third kappa shape index (κ3) is 7.11. The van der Waals surface area contributed by atoms with E-state index in [1.165, 1.54) is 4.88 Å². The number of carbonyl (C=O) groups excluding carboxylic acids is 1. The monoisotopic (exact) mass is 466 g/mol. The Balaban J connectivity index is 2.66. The Morgan fingerprint density at radius 3 is 2.65 bits per heavy atom. The molecule has 0 radical (unpaired) electrons. The highest BCUT2D eigenvalue weighted by Crippen LogP contribution is 2.26. The highest BCUT2D eigenvalue weighted by atomic mass is 35.5. The van der Waals surface area contributed by atoms with Gasteiger partial charge < -0.3 is 14.0 Å². The first-order chi connectivity index (χ1) is 14.7. The van der Waals surface area contributed by atoms with Crippen LogP contribution in [0.25, 0.3) is 0 Å². The Kier molecular flexibility index (Phi) is 9.13. The summed E-state index contributed by atoms with van der Waals surface area (Å²) in [6.45, 7) is 11.5. The number of nitrogens with zero attached hydrogens (tertiary/aromatic N) is 3. The van der Waals surface area contributed by atoms with Gasteiger partial charge in [0.2, 0.25) is 0 Å². The van der Waals surface area contributed by atoms with Gasteiger partial charge in [-0.3, -0.25) is 0 Å². The minimum absolute atomic E-state index is 0.0133. The molecule has 1 aromatic carbocycles. The van der Waals surface area contributed by atoms with E-state index in [1.807, 2.05) is 0 Å². The molecule has 0 saturated carbocycles. The lowest BCUT2D eigenvalue weighted by atomic mass is 9.95. The summed E-state index contributed by atoms with van der Waals surface area (Å²) in [5, 5.41) is 4.74. The van der Waals surface area contributed by atoms with Crippen molar-refractivity contribution >= 4 is 34.9 Å². The standard InChI is InChI=1S/C22H31ClN4O3S/c1-7-9-12-27-14-18(22(3,4)5)31-20(27)24-19(25-26-21(28)30-8-2)16-13-15(23)10-11-17(16)29-6/h10-11,13-14H,7-9,12H2,1-6H3,(H,26,28)/b24-20-,25-19-. The predicted octanol–water partition coefficient (Wildman–Crippen LogP) is 5.32. The van der Waals surface area contributed by atoms with E-state index in [9.17, 15) is 4.79 Å². The Morgan fingerprint density at radius 2 is 2.03 bits per heavy atom. The summed E-state index contributed by atoms with van der Waals surface area (Å²) in [5.41, 5.74) is 2.96. The minimum Gasteiger partial charge on any atom is -0.496 e. The molecule has 2 rings (SSSR count). The molecule has 1 amide bonds. The Labute approximate surface area is 192 Å². The molecule has 0 atom stereocenters. The number of aromatic nitrogens is 1. The molecule has 0 aliphatic rings. The molecular formula is C22H31ClN4O3S. The topological polar surface area (TPSA) is 77.2 Å². The molecule has 1 N–H and O–H groups in total. The molecule has 0 bridgehead atoms. The van der Waals surface area contributed by atoms with Gasteiger partial charge in [-0.15, -0.1) is 16.4 Å². The number of hydrogen-bond acceptors (Lipinski definition) is 5. The number of carbonyl (C=O) groups is 1. The molecule has 9 heteroatoms. The molecule has 170 valence electrons. The summed E-state index contributed by atoms with van der Waals surface area (Å²) in [5.74, 6) is 0.824. The number of amidine groups is 1. The van der Waals surface area contributed by atoms with Crippen molar-refractivity contribution in [1.82, 2.24) is 9.99 Å². The smallest absolute Gasteiger partial charge is 0.427 e. The zero-order chi connectivity index (χ0) is 23.0. The van der Waals surface area contributed by atoms with Crippen LogP contribution in [0.2, 0.25) is 5.02 Å². The Hall–Kier alpha value is -2.32. The fourth-order valence-corrected chi connectivity index (χ4v) is 3.90. The maximum absolute atomic E-state index is 11.9. The SMILES string of the molecule is CCCCn1cc(C(C)(C)C)s/c1=N\C(=N/NC(=O)OCC)c1cc(Cl)ccc1OC. The van der Waals surface area contributed by atoms with E-state index in [-0.39, 0.29) is 17.9 Å². The van der Waals surface area contributed by atoms with Crippen molar-refractivity contribution in [2.24, 2.45) is 10.1 Å². The number of benzene rings is 1. The molecule has 0 saturated heterocycles. The summed E-state index contributed by atoms with van der Waals surface area (Å²) >= 11 is 7.83. The van der Waals surface area contributed by atoms with Crippen LogP contribution in [0.3, 0.4) is 0 Å². The van der Waals surface area contributed by atoms with Gasteiger partial charge in [-0.2, -0.15) is 4.99 Å².